The van der Waals surface area contributed by atoms with Crippen LogP contribution in [0.2, 0.25) is 0 Å². The fourth-order valence-electron chi connectivity index (χ4n) is 2.40. The highest BCUT2D eigenvalue weighted by Crippen LogP contribution is 2.38. The van der Waals surface area contributed by atoms with Gasteiger partial charge in [-0.05, 0) is 23.3 Å². The second kappa shape index (κ2) is 5.47. The Morgan fingerprint density at radius 3 is 2.41 bits per heavy atom. The molecule has 1 saturated heterocycles. The predicted molar refractivity (Wildman–Crippen MR) is 69.9 cm³/mol. The summed E-state index contributed by atoms with van der Waals surface area (Å²) in [6.45, 7) is 3.65. The number of esters is 2. The maximum Gasteiger partial charge on any atom is 0.416 e. The number of rotatable bonds is 2. The van der Waals surface area contributed by atoms with Gasteiger partial charge in [0, 0.05) is 6.42 Å². The third-order valence-electron chi connectivity index (χ3n) is 3.51. The van der Waals surface area contributed by atoms with Crippen molar-refractivity contribution in [1.82, 2.24) is 0 Å². The van der Waals surface area contributed by atoms with E-state index in [2.05, 4.69) is 11.3 Å². The zero-order chi connectivity index (χ0) is 16.5. The Bertz CT molecular complexity index is 609. The largest absolute Gasteiger partial charge is 0.468 e. The molecule has 0 amide bonds. The number of hydrogen-bond acceptors (Lipinski definition) is 4. The lowest BCUT2D eigenvalue weighted by atomic mass is 9.74. The van der Waals surface area contributed by atoms with Gasteiger partial charge < -0.3 is 9.47 Å². The minimum absolute atomic E-state index is 0.0296. The summed E-state index contributed by atoms with van der Waals surface area (Å²) in [6.07, 6.45) is -4.57. The van der Waals surface area contributed by atoms with Gasteiger partial charge in [0.1, 0.15) is 6.61 Å². The van der Waals surface area contributed by atoms with E-state index in [-0.39, 0.29) is 18.6 Å². The number of halogens is 3. The summed E-state index contributed by atoms with van der Waals surface area (Å²) in [5, 5.41) is 0. The third kappa shape index (κ3) is 2.58. The van der Waals surface area contributed by atoms with Crippen molar-refractivity contribution in [3.63, 3.8) is 0 Å². The van der Waals surface area contributed by atoms with E-state index in [1.165, 1.54) is 0 Å². The molecule has 1 heterocycles. The summed E-state index contributed by atoms with van der Waals surface area (Å²) in [4.78, 5) is 24.3. The molecule has 0 saturated carbocycles. The van der Waals surface area contributed by atoms with E-state index in [9.17, 15) is 22.8 Å². The molecular weight excluding hydrogens is 301 g/mol. The Labute approximate surface area is 124 Å². The fraction of sp³-hybridized carbons (Fsp3) is 0.333. The van der Waals surface area contributed by atoms with Gasteiger partial charge in [-0.3, -0.25) is 9.59 Å². The zero-order valence-electron chi connectivity index (χ0n) is 11.7. The van der Waals surface area contributed by atoms with Crippen LogP contribution >= 0.6 is 0 Å². The van der Waals surface area contributed by atoms with Crippen molar-refractivity contribution < 1.29 is 32.2 Å². The molecule has 2 rings (SSSR count). The summed E-state index contributed by atoms with van der Waals surface area (Å²) in [7, 11) is 1.10. The van der Waals surface area contributed by atoms with Crippen molar-refractivity contribution >= 4 is 11.9 Å². The van der Waals surface area contributed by atoms with Gasteiger partial charge in [-0.25, -0.2) is 0 Å². The van der Waals surface area contributed by atoms with Crippen LogP contribution in [0, 0.1) is 0 Å². The van der Waals surface area contributed by atoms with E-state index < -0.39 is 29.1 Å². The monoisotopic (exact) mass is 314 g/mol. The van der Waals surface area contributed by atoms with Gasteiger partial charge in [0.25, 0.3) is 0 Å². The molecule has 0 N–H and O–H groups in total. The molecular formula is C15H13F3O4. The van der Waals surface area contributed by atoms with Crippen LogP contribution in [0.3, 0.4) is 0 Å². The van der Waals surface area contributed by atoms with E-state index in [1.54, 1.807) is 0 Å². The number of alkyl halides is 3. The molecule has 1 aromatic rings. The summed E-state index contributed by atoms with van der Waals surface area (Å²) < 4.78 is 47.5. The second-order valence-corrected chi connectivity index (χ2v) is 4.97. The first-order valence-electron chi connectivity index (χ1n) is 6.32. The van der Waals surface area contributed by atoms with Gasteiger partial charge in [-0.2, -0.15) is 13.2 Å². The van der Waals surface area contributed by atoms with Crippen molar-refractivity contribution in [2.45, 2.75) is 18.0 Å². The van der Waals surface area contributed by atoms with Crippen LogP contribution in [0.15, 0.2) is 36.4 Å². The van der Waals surface area contributed by atoms with Crippen molar-refractivity contribution in [3.8, 4) is 0 Å². The molecule has 0 radical (unpaired) electrons. The highest BCUT2D eigenvalue weighted by atomic mass is 19.4. The van der Waals surface area contributed by atoms with Crippen molar-refractivity contribution in [1.29, 1.82) is 0 Å². The molecule has 1 aliphatic heterocycles. The Hall–Kier alpha value is -2.31. The van der Waals surface area contributed by atoms with E-state index >= 15 is 0 Å². The van der Waals surface area contributed by atoms with Crippen LogP contribution in [0.1, 0.15) is 17.5 Å². The molecule has 0 bridgehead atoms. The van der Waals surface area contributed by atoms with E-state index in [0.717, 1.165) is 31.4 Å². The van der Waals surface area contributed by atoms with Gasteiger partial charge >= 0.3 is 18.1 Å². The minimum atomic E-state index is -4.51. The summed E-state index contributed by atoms with van der Waals surface area (Å²) in [6, 6.07) is 3.79. The first kappa shape index (κ1) is 16.1. The Morgan fingerprint density at radius 2 is 1.91 bits per heavy atom. The molecule has 1 atom stereocenters. The first-order valence-corrected chi connectivity index (χ1v) is 6.32. The molecule has 0 aliphatic carbocycles. The number of cyclic esters (lactones) is 1. The average Bonchev–Trinajstić information content (AvgIpc) is 2.48. The molecule has 22 heavy (non-hydrogen) atoms. The van der Waals surface area contributed by atoms with E-state index in [4.69, 9.17) is 4.74 Å². The number of carbonyl (C=O) groups excluding carboxylic acids is 2. The predicted octanol–water partition coefficient (Wildman–Crippen LogP) is 2.62. The molecule has 1 aliphatic rings. The van der Waals surface area contributed by atoms with Gasteiger partial charge in [-0.15, -0.1) is 0 Å². The maximum absolute atomic E-state index is 12.6. The van der Waals surface area contributed by atoms with Crippen LogP contribution in [0.5, 0.6) is 0 Å². The summed E-state index contributed by atoms with van der Waals surface area (Å²) in [5.74, 6) is -1.75. The van der Waals surface area contributed by atoms with Gasteiger partial charge in [-0.1, -0.05) is 18.7 Å². The molecule has 0 spiro atoms. The Balaban J connectivity index is 2.53. The molecule has 7 heteroatoms. The summed E-state index contributed by atoms with van der Waals surface area (Å²) in [5.41, 5.74) is -2.13. The number of hydrogen-bond donors (Lipinski definition) is 0. The van der Waals surface area contributed by atoms with Gasteiger partial charge in [0.05, 0.1) is 12.7 Å². The highest BCUT2D eigenvalue weighted by Gasteiger charge is 2.53. The van der Waals surface area contributed by atoms with E-state index in [1.807, 2.05) is 0 Å². The van der Waals surface area contributed by atoms with Crippen molar-refractivity contribution in [3.05, 3.63) is 47.5 Å². The number of benzene rings is 1. The lowest BCUT2D eigenvalue weighted by molar-refractivity contribution is -0.165. The standard InChI is InChI=1S/C15H13F3O4/c1-9-7-14(12(19)21-2,13(20)22-8-9)10-3-5-11(6-4-10)15(16,17)18/h3-6H,1,7-8H2,2H3. The lowest BCUT2D eigenvalue weighted by Crippen LogP contribution is -2.49. The van der Waals surface area contributed by atoms with Crippen LogP contribution in [-0.2, 0) is 30.7 Å². The highest BCUT2D eigenvalue weighted by molar-refractivity contribution is 6.07. The first-order chi connectivity index (χ1) is 10.2. The van der Waals surface area contributed by atoms with Crippen LogP contribution < -0.4 is 0 Å². The molecule has 4 nitrogen and oxygen atoms in total. The topological polar surface area (TPSA) is 52.6 Å². The average molecular weight is 314 g/mol. The molecule has 1 aromatic carbocycles. The van der Waals surface area contributed by atoms with Gasteiger partial charge in [0.15, 0.2) is 5.41 Å². The normalized spacial score (nSPS) is 22.2. The summed E-state index contributed by atoms with van der Waals surface area (Å²) >= 11 is 0. The minimum Gasteiger partial charge on any atom is -0.468 e. The number of ether oxygens (including phenoxy) is 2. The van der Waals surface area contributed by atoms with Crippen molar-refractivity contribution in [2.24, 2.45) is 0 Å². The second-order valence-electron chi connectivity index (χ2n) is 4.97. The number of methoxy groups -OCH3 is 1. The van der Waals surface area contributed by atoms with Gasteiger partial charge in [0.2, 0.25) is 0 Å². The fourth-order valence-corrected chi connectivity index (χ4v) is 2.40. The third-order valence-corrected chi connectivity index (χ3v) is 3.51. The Kier molecular flexibility index (Phi) is 4.00. The molecule has 1 unspecified atom stereocenters. The number of carbonyl (C=O) groups is 2. The lowest BCUT2D eigenvalue weighted by Gasteiger charge is -2.33. The smallest absolute Gasteiger partial charge is 0.416 e. The van der Waals surface area contributed by atoms with Crippen molar-refractivity contribution in [2.75, 3.05) is 13.7 Å². The maximum atomic E-state index is 12.6. The van der Waals surface area contributed by atoms with E-state index in [0.29, 0.717) is 5.57 Å². The molecule has 1 fully saturated rings. The quantitative estimate of drug-likeness (QED) is 0.478. The molecule has 0 aromatic heterocycles. The van der Waals surface area contributed by atoms with Crippen LogP contribution in [0.25, 0.3) is 0 Å². The molecule has 118 valence electrons. The SMILES string of the molecule is C=C1COC(=O)C(C(=O)OC)(c2ccc(C(F)(F)F)cc2)C1. The van der Waals surface area contributed by atoms with Crippen LogP contribution in [0.4, 0.5) is 13.2 Å². The Morgan fingerprint density at radius 1 is 1.32 bits per heavy atom. The zero-order valence-corrected chi connectivity index (χ0v) is 11.7. The van der Waals surface area contributed by atoms with Crippen LogP contribution in [-0.4, -0.2) is 25.7 Å².